The van der Waals surface area contributed by atoms with E-state index in [4.69, 9.17) is 0 Å². The van der Waals surface area contributed by atoms with Gasteiger partial charge in [-0.3, -0.25) is 19.8 Å². The molecule has 0 spiro atoms. The molecule has 0 aromatic carbocycles. The lowest BCUT2D eigenvalue weighted by atomic mass is 10.1. The first kappa shape index (κ1) is 12.1. The Morgan fingerprint density at radius 2 is 2.13 bits per heavy atom. The molecule has 5 nitrogen and oxygen atoms in total. The quantitative estimate of drug-likeness (QED) is 0.627. The van der Waals surface area contributed by atoms with E-state index in [9.17, 15) is 9.59 Å². The highest BCUT2D eigenvalue weighted by Crippen LogP contribution is 2.05. The minimum Gasteiger partial charge on any atom is -0.308 e. The van der Waals surface area contributed by atoms with Gasteiger partial charge in [-0.2, -0.15) is 0 Å². The van der Waals surface area contributed by atoms with E-state index in [-0.39, 0.29) is 24.4 Å². The summed E-state index contributed by atoms with van der Waals surface area (Å²) in [5, 5.41) is 2.93. The Kier molecular flexibility index (Phi) is 4.23. The van der Waals surface area contributed by atoms with E-state index in [2.05, 4.69) is 5.32 Å². The molecule has 1 aliphatic rings. The number of piperazine rings is 1. The average Bonchev–Trinajstić information content (AvgIpc) is 2.17. The third-order valence-corrected chi connectivity index (χ3v) is 2.54. The largest absolute Gasteiger partial charge is 0.308 e. The number of carbonyl (C=O) groups is 2. The topological polar surface area (TPSA) is 52.7 Å². The molecule has 86 valence electrons. The third kappa shape index (κ3) is 3.00. The molecule has 15 heavy (non-hydrogen) atoms. The van der Waals surface area contributed by atoms with Crippen molar-refractivity contribution >= 4 is 11.8 Å². The summed E-state index contributed by atoms with van der Waals surface area (Å²) in [7, 11) is 3.85. The molecule has 2 amide bonds. The minimum atomic E-state index is -0.190. The second-order valence-corrected chi connectivity index (χ2v) is 4.03. The minimum absolute atomic E-state index is 0.0874. The van der Waals surface area contributed by atoms with Crippen molar-refractivity contribution < 1.29 is 9.59 Å². The Morgan fingerprint density at radius 1 is 1.47 bits per heavy atom. The lowest BCUT2D eigenvalue weighted by Crippen LogP contribution is -2.58. The fourth-order valence-electron chi connectivity index (χ4n) is 1.56. The number of carbonyl (C=O) groups excluding carboxylic acids is 2. The molecule has 1 aliphatic heterocycles. The normalized spacial score (nSPS) is 22.7. The molecular weight excluding hydrogens is 194 g/mol. The van der Waals surface area contributed by atoms with Crippen LogP contribution in [0.5, 0.6) is 0 Å². The number of rotatable bonds is 4. The van der Waals surface area contributed by atoms with Gasteiger partial charge in [0, 0.05) is 13.1 Å². The average molecular weight is 213 g/mol. The molecular formula is C10H19N3O2. The molecule has 0 radical (unpaired) electrons. The van der Waals surface area contributed by atoms with Gasteiger partial charge in [0.05, 0.1) is 12.6 Å². The Bertz CT molecular complexity index is 253. The summed E-state index contributed by atoms with van der Waals surface area (Å²) in [6.45, 7) is 3.42. The van der Waals surface area contributed by atoms with Crippen LogP contribution in [0.1, 0.15) is 13.3 Å². The second-order valence-electron chi connectivity index (χ2n) is 4.03. The molecule has 1 atom stereocenters. The van der Waals surface area contributed by atoms with Crippen molar-refractivity contribution in [3.63, 3.8) is 0 Å². The number of hydrogen-bond donors (Lipinski definition) is 1. The summed E-state index contributed by atoms with van der Waals surface area (Å²) in [6, 6.07) is -0.190. The molecule has 0 aromatic rings. The van der Waals surface area contributed by atoms with Crippen molar-refractivity contribution in [3.8, 4) is 0 Å². The zero-order valence-corrected chi connectivity index (χ0v) is 9.62. The van der Waals surface area contributed by atoms with E-state index >= 15 is 0 Å². The monoisotopic (exact) mass is 213 g/mol. The van der Waals surface area contributed by atoms with Gasteiger partial charge in [-0.05, 0) is 20.5 Å². The molecule has 0 bridgehead atoms. The van der Waals surface area contributed by atoms with Gasteiger partial charge < -0.3 is 4.90 Å². The number of amides is 2. The maximum atomic E-state index is 11.8. The Hall–Kier alpha value is -0.940. The zero-order valence-electron chi connectivity index (χ0n) is 9.62. The SMILES string of the molecule is CCC1NCC(=O)N(CCN(C)C)C1=O. The van der Waals surface area contributed by atoms with Gasteiger partial charge in [-0.25, -0.2) is 0 Å². The lowest BCUT2D eigenvalue weighted by molar-refractivity contribution is -0.149. The predicted molar refractivity (Wildman–Crippen MR) is 57.4 cm³/mol. The first-order valence-corrected chi connectivity index (χ1v) is 5.28. The molecule has 1 saturated heterocycles. The number of nitrogens with zero attached hydrogens (tertiary/aromatic N) is 2. The smallest absolute Gasteiger partial charge is 0.246 e. The molecule has 0 aliphatic carbocycles. The van der Waals surface area contributed by atoms with Crippen molar-refractivity contribution in [2.24, 2.45) is 0 Å². The fraction of sp³-hybridized carbons (Fsp3) is 0.800. The number of nitrogens with one attached hydrogen (secondary N) is 1. The Morgan fingerprint density at radius 3 is 2.67 bits per heavy atom. The Labute approximate surface area is 90.4 Å². The standard InChI is InChI=1S/C10H19N3O2/c1-4-8-10(15)13(6-5-12(2)3)9(14)7-11-8/h8,11H,4-7H2,1-3H3. The molecule has 1 unspecified atom stereocenters. The highest BCUT2D eigenvalue weighted by molar-refractivity contribution is 6.01. The number of likely N-dealkylation sites (N-methyl/N-ethyl adjacent to an activating group) is 1. The molecule has 5 heteroatoms. The summed E-state index contributed by atoms with van der Waals surface area (Å²) in [4.78, 5) is 26.6. The lowest BCUT2D eigenvalue weighted by Gasteiger charge is -2.31. The van der Waals surface area contributed by atoms with Gasteiger partial charge in [0.25, 0.3) is 0 Å². The summed E-state index contributed by atoms with van der Waals surface area (Å²) in [6.07, 6.45) is 0.727. The molecule has 1 heterocycles. The maximum absolute atomic E-state index is 11.8. The van der Waals surface area contributed by atoms with Crippen molar-refractivity contribution in [2.45, 2.75) is 19.4 Å². The van der Waals surface area contributed by atoms with Crippen LogP contribution in [0.15, 0.2) is 0 Å². The Balaban J connectivity index is 2.58. The predicted octanol–water partition coefficient (Wildman–Crippen LogP) is -0.715. The van der Waals surface area contributed by atoms with Crippen LogP contribution in [0.2, 0.25) is 0 Å². The summed E-state index contributed by atoms with van der Waals surface area (Å²) in [5.41, 5.74) is 0. The van der Waals surface area contributed by atoms with Gasteiger partial charge in [0.15, 0.2) is 0 Å². The van der Waals surface area contributed by atoms with Crippen LogP contribution in [0.3, 0.4) is 0 Å². The first-order valence-electron chi connectivity index (χ1n) is 5.28. The van der Waals surface area contributed by atoms with Crippen molar-refractivity contribution in [1.29, 1.82) is 0 Å². The summed E-state index contributed by atoms with van der Waals surface area (Å²) in [5.74, 6) is -0.206. The van der Waals surface area contributed by atoms with E-state index in [0.29, 0.717) is 13.1 Å². The van der Waals surface area contributed by atoms with E-state index in [1.807, 2.05) is 25.9 Å². The van der Waals surface area contributed by atoms with Crippen molar-refractivity contribution in [1.82, 2.24) is 15.1 Å². The van der Waals surface area contributed by atoms with E-state index < -0.39 is 0 Å². The van der Waals surface area contributed by atoms with Crippen LogP contribution < -0.4 is 5.32 Å². The first-order chi connectivity index (χ1) is 7.06. The van der Waals surface area contributed by atoms with Gasteiger partial charge in [0.2, 0.25) is 11.8 Å². The molecule has 1 N–H and O–H groups in total. The van der Waals surface area contributed by atoms with Crippen LogP contribution in [0.4, 0.5) is 0 Å². The molecule has 1 rings (SSSR count). The van der Waals surface area contributed by atoms with Gasteiger partial charge >= 0.3 is 0 Å². The van der Waals surface area contributed by atoms with Crippen molar-refractivity contribution in [2.75, 3.05) is 33.7 Å². The summed E-state index contributed by atoms with van der Waals surface area (Å²) >= 11 is 0. The van der Waals surface area contributed by atoms with E-state index in [0.717, 1.165) is 6.42 Å². The van der Waals surface area contributed by atoms with Crippen LogP contribution in [0, 0.1) is 0 Å². The fourth-order valence-corrected chi connectivity index (χ4v) is 1.56. The van der Waals surface area contributed by atoms with E-state index in [1.54, 1.807) is 0 Å². The molecule has 0 aromatic heterocycles. The van der Waals surface area contributed by atoms with Crippen LogP contribution >= 0.6 is 0 Å². The number of imide groups is 1. The third-order valence-electron chi connectivity index (χ3n) is 2.54. The van der Waals surface area contributed by atoms with Gasteiger partial charge in [-0.1, -0.05) is 6.92 Å². The van der Waals surface area contributed by atoms with E-state index in [1.165, 1.54) is 4.90 Å². The van der Waals surface area contributed by atoms with Crippen LogP contribution in [0.25, 0.3) is 0 Å². The van der Waals surface area contributed by atoms with Crippen molar-refractivity contribution in [3.05, 3.63) is 0 Å². The highest BCUT2D eigenvalue weighted by atomic mass is 16.2. The second kappa shape index (κ2) is 5.23. The molecule has 1 fully saturated rings. The maximum Gasteiger partial charge on any atom is 0.246 e. The highest BCUT2D eigenvalue weighted by Gasteiger charge is 2.32. The van der Waals surface area contributed by atoms with Gasteiger partial charge in [-0.15, -0.1) is 0 Å². The zero-order chi connectivity index (χ0) is 11.4. The van der Waals surface area contributed by atoms with Crippen LogP contribution in [-0.2, 0) is 9.59 Å². The number of hydrogen-bond acceptors (Lipinski definition) is 4. The summed E-state index contributed by atoms with van der Waals surface area (Å²) < 4.78 is 0. The van der Waals surface area contributed by atoms with Crippen LogP contribution in [-0.4, -0.2) is 61.4 Å². The molecule has 0 saturated carbocycles. The van der Waals surface area contributed by atoms with Gasteiger partial charge in [0.1, 0.15) is 0 Å².